The lowest BCUT2D eigenvalue weighted by atomic mass is 9.99. The summed E-state index contributed by atoms with van der Waals surface area (Å²) in [6.07, 6.45) is 6.67. The van der Waals surface area contributed by atoms with Crippen LogP contribution in [0.5, 0.6) is 5.75 Å². The molecule has 0 radical (unpaired) electrons. The summed E-state index contributed by atoms with van der Waals surface area (Å²) in [5.41, 5.74) is 2.79. The van der Waals surface area contributed by atoms with Crippen molar-refractivity contribution in [1.82, 2.24) is 9.97 Å². The third-order valence-corrected chi connectivity index (χ3v) is 5.28. The second-order valence-corrected chi connectivity index (χ2v) is 6.77. The number of oxime groups is 1. The van der Waals surface area contributed by atoms with Gasteiger partial charge in [-0.15, -0.1) is 0 Å². The van der Waals surface area contributed by atoms with Crippen molar-refractivity contribution in [2.45, 2.75) is 48.9 Å². The summed E-state index contributed by atoms with van der Waals surface area (Å²) >= 11 is 1.66. The normalized spacial score (nSPS) is 21.7. The van der Waals surface area contributed by atoms with E-state index in [2.05, 4.69) is 15.1 Å². The highest BCUT2D eigenvalue weighted by Gasteiger charge is 2.21. The van der Waals surface area contributed by atoms with Crippen LogP contribution in [0.4, 0.5) is 0 Å². The number of ether oxygens (including phenoxy) is 1. The van der Waals surface area contributed by atoms with Crippen molar-refractivity contribution < 1.29 is 9.94 Å². The van der Waals surface area contributed by atoms with Crippen molar-refractivity contribution in [3.05, 3.63) is 18.2 Å². The van der Waals surface area contributed by atoms with Crippen molar-refractivity contribution >= 4 is 28.5 Å². The van der Waals surface area contributed by atoms with Gasteiger partial charge >= 0.3 is 0 Å². The average Bonchev–Trinajstić information content (AvgIpc) is 2.91. The van der Waals surface area contributed by atoms with Gasteiger partial charge in [0.2, 0.25) is 0 Å². The highest BCUT2D eigenvalue weighted by Crippen LogP contribution is 2.31. The molecule has 1 aliphatic carbocycles. The highest BCUT2D eigenvalue weighted by molar-refractivity contribution is 8.00. The molecule has 1 aromatic carbocycles. The highest BCUT2D eigenvalue weighted by atomic mass is 32.2. The summed E-state index contributed by atoms with van der Waals surface area (Å²) < 4.78 is 5.24. The van der Waals surface area contributed by atoms with Crippen LogP contribution in [0, 0.1) is 0 Å². The molecule has 1 aromatic heterocycles. The van der Waals surface area contributed by atoms with Gasteiger partial charge in [-0.3, -0.25) is 0 Å². The van der Waals surface area contributed by atoms with Crippen LogP contribution in [-0.4, -0.2) is 33.2 Å². The second kappa shape index (κ2) is 7.05. The third kappa shape index (κ3) is 3.38. The minimum Gasteiger partial charge on any atom is -0.497 e. The van der Waals surface area contributed by atoms with E-state index in [4.69, 9.17) is 4.74 Å². The second-order valence-electron chi connectivity index (χ2n) is 5.58. The predicted octanol–water partition coefficient (Wildman–Crippen LogP) is 4.22. The molecule has 3 rings (SSSR count). The van der Waals surface area contributed by atoms with Crippen LogP contribution in [0.25, 0.3) is 11.0 Å². The van der Waals surface area contributed by atoms with Crippen LogP contribution in [0.15, 0.2) is 28.5 Å². The molecule has 0 bridgehead atoms. The molecule has 0 spiro atoms. The first-order valence-corrected chi connectivity index (χ1v) is 8.59. The Morgan fingerprint density at radius 2 is 2.18 bits per heavy atom. The van der Waals surface area contributed by atoms with Crippen LogP contribution < -0.4 is 4.74 Å². The first-order valence-electron chi connectivity index (χ1n) is 7.71. The average molecular weight is 319 g/mol. The molecular weight excluding hydrogens is 298 g/mol. The van der Waals surface area contributed by atoms with Gasteiger partial charge in [0.1, 0.15) is 5.75 Å². The minimum atomic E-state index is 0.202. The summed E-state index contributed by atoms with van der Waals surface area (Å²) in [6.45, 7) is 0. The van der Waals surface area contributed by atoms with E-state index in [9.17, 15) is 5.21 Å². The summed E-state index contributed by atoms with van der Waals surface area (Å²) in [5.74, 6) is 0.816. The van der Waals surface area contributed by atoms with E-state index in [0.29, 0.717) is 0 Å². The predicted molar refractivity (Wildman–Crippen MR) is 89.2 cm³/mol. The molecule has 1 aliphatic rings. The molecule has 6 heteroatoms. The molecule has 0 amide bonds. The van der Waals surface area contributed by atoms with Crippen LogP contribution in [0.2, 0.25) is 0 Å². The maximum atomic E-state index is 9.29. The van der Waals surface area contributed by atoms with Gasteiger partial charge in [-0.25, -0.2) is 4.98 Å². The fourth-order valence-electron chi connectivity index (χ4n) is 2.84. The molecule has 0 saturated heterocycles. The molecule has 2 N–H and O–H groups in total. The number of hydrogen-bond acceptors (Lipinski definition) is 5. The fourth-order valence-corrected chi connectivity index (χ4v) is 4.02. The molecule has 5 nitrogen and oxygen atoms in total. The summed E-state index contributed by atoms with van der Waals surface area (Å²) in [5, 5.41) is 13.9. The monoisotopic (exact) mass is 319 g/mol. The van der Waals surface area contributed by atoms with Gasteiger partial charge in [-0.05, 0) is 31.4 Å². The van der Waals surface area contributed by atoms with Crippen LogP contribution >= 0.6 is 11.8 Å². The zero-order chi connectivity index (χ0) is 15.4. The number of imidazole rings is 1. The zero-order valence-corrected chi connectivity index (χ0v) is 13.5. The van der Waals surface area contributed by atoms with Crippen LogP contribution in [0.1, 0.15) is 38.5 Å². The standard InChI is InChI=1S/C16H21N3O2S/c1-21-11-8-9-12-14(10-11)18-16(17-12)22-15-7-5-3-2-4-6-13(15)19-20/h8-10,15,20H,2-7H2,1H3,(H,17,18)/b19-13+/t15-/m1/s1. The quantitative estimate of drug-likeness (QED) is 0.656. The Bertz CT molecular complexity index is 668. The van der Waals surface area contributed by atoms with Gasteiger partial charge in [0, 0.05) is 6.07 Å². The molecule has 2 aromatic rings. The number of nitrogens with one attached hydrogen (secondary N) is 1. The first kappa shape index (κ1) is 15.2. The SMILES string of the molecule is COc1ccc2nc(S[C@@H]3CCCCCC/C3=N\O)[nH]c2c1. The molecule has 0 aliphatic heterocycles. The van der Waals surface area contributed by atoms with Gasteiger partial charge in [-0.1, -0.05) is 36.2 Å². The number of aromatic nitrogens is 2. The number of thioether (sulfide) groups is 1. The lowest BCUT2D eigenvalue weighted by Crippen LogP contribution is -2.19. The number of aromatic amines is 1. The van der Waals surface area contributed by atoms with E-state index in [1.165, 1.54) is 19.3 Å². The number of fused-ring (bicyclic) bond motifs is 1. The molecule has 118 valence electrons. The largest absolute Gasteiger partial charge is 0.497 e. The van der Waals surface area contributed by atoms with Crippen molar-refractivity contribution in [1.29, 1.82) is 0 Å². The zero-order valence-electron chi connectivity index (χ0n) is 12.7. The molecule has 1 heterocycles. The summed E-state index contributed by atoms with van der Waals surface area (Å²) in [7, 11) is 1.66. The number of rotatable bonds is 3. The Kier molecular flexibility index (Phi) is 4.87. The molecule has 1 saturated carbocycles. The number of H-pyrrole nitrogens is 1. The van der Waals surface area contributed by atoms with Gasteiger partial charge in [0.05, 0.1) is 29.1 Å². The Morgan fingerprint density at radius 3 is 3.00 bits per heavy atom. The molecular formula is C16H21N3O2S. The molecule has 1 fully saturated rings. The number of nitrogens with zero attached hydrogens (tertiary/aromatic N) is 2. The molecule has 0 unspecified atom stereocenters. The van der Waals surface area contributed by atoms with Crippen molar-refractivity contribution in [2.75, 3.05) is 7.11 Å². The van der Waals surface area contributed by atoms with Crippen LogP contribution in [0.3, 0.4) is 0 Å². The maximum absolute atomic E-state index is 9.29. The smallest absolute Gasteiger partial charge is 0.167 e. The van der Waals surface area contributed by atoms with Gasteiger partial charge in [0.15, 0.2) is 5.16 Å². The lowest BCUT2D eigenvalue weighted by molar-refractivity contribution is 0.315. The summed E-state index contributed by atoms with van der Waals surface area (Å²) in [4.78, 5) is 7.95. The Labute approximate surface area is 134 Å². The lowest BCUT2D eigenvalue weighted by Gasteiger charge is -2.19. The Morgan fingerprint density at radius 1 is 1.32 bits per heavy atom. The third-order valence-electron chi connectivity index (χ3n) is 4.07. The first-order chi connectivity index (χ1) is 10.8. The minimum absolute atomic E-state index is 0.202. The molecule has 22 heavy (non-hydrogen) atoms. The van der Waals surface area contributed by atoms with Gasteiger partial charge < -0.3 is 14.9 Å². The topological polar surface area (TPSA) is 70.5 Å². The number of benzene rings is 1. The van der Waals surface area contributed by atoms with E-state index in [1.54, 1.807) is 18.9 Å². The number of methoxy groups -OCH3 is 1. The van der Waals surface area contributed by atoms with Crippen molar-refractivity contribution in [3.63, 3.8) is 0 Å². The van der Waals surface area contributed by atoms with Gasteiger partial charge in [-0.2, -0.15) is 0 Å². The van der Waals surface area contributed by atoms with E-state index >= 15 is 0 Å². The van der Waals surface area contributed by atoms with Gasteiger partial charge in [0.25, 0.3) is 0 Å². The van der Waals surface area contributed by atoms with Crippen LogP contribution in [-0.2, 0) is 0 Å². The summed E-state index contributed by atoms with van der Waals surface area (Å²) in [6, 6.07) is 5.81. The molecule has 1 atom stereocenters. The Hall–Kier alpha value is -1.69. The Balaban J connectivity index is 1.80. The van der Waals surface area contributed by atoms with E-state index < -0.39 is 0 Å². The number of hydrogen-bond donors (Lipinski definition) is 2. The van der Waals surface area contributed by atoms with E-state index in [-0.39, 0.29) is 5.25 Å². The van der Waals surface area contributed by atoms with E-state index in [1.807, 2.05) is 18.2 Å². The van der Waals surface area contributed by atoms with E-state index in [0.717, 1.165) is 46.9 Å². The van der Waals surface area contributed by atoms with Crippen molar-refractivity contribution in [3.8, 4) is 5.75 Å². The fraction of sp³-hybridized carbons (Fsp3) is 0.500. The van der Waals surface area contributed by atoms with Crippen molar-refractivity contribution in [2.24, 2.45) is 5.16 Å². The maximum Gasteiger partial charge on any atom is 0.167 e.